The van der Waals surface area contributed by atoms with Gasteiger partial charge in [0.15, 0.2) is 0 Å². The van der Waals surface area contributed by atoms with Gasteiger partial charge in [0.05, 0.1) is 18.2 Å². The van der Waals surface area contributed by atoms with Crippen LogP contribution in [-0.4, -0.2) is 69.8 Å². The van der Waals surface area contributed by atoms with Crippen LogP contribution in [0.5, 0.6) is 0 Å². The number of nitrogens with zero attached hydrogens (tertiary/aromatic N) is 5. The summed E-state index contributed by atoms with van der Waals surface area (Å²) in [4.78, 5) is 28.6. The molecule has 0 aliphatic carbocycles. The van der Waals surface area contributed by atoms with Crippen molar-refractivity contribution >= 4 is 5.91 Å². The average molecular weight is 408 g/mol. The highest BCUT2D eigenvalue weighted by Gasteiger charge is 2.32. The maximum atomic E-state index is 13.0. The van der Waals surface area contributed by atoms with E-state index in [1.54, 1.807) is 6.20 Å². The third kappa shape index (κ3) is 5.43. The molecule has 6 heteroatoms. The Morgan fingerprint density at radius 2 is 1.97 bits per heavy atom. The predicted molar refractivity (Wildman–Crippen MR) is 118 cm³/mol. The SMILES string of the molecule is CN(Cc1ccccn1)C(=O)[C@H]1CCCN(C2CCN(Cc3cccnc3)CC2)C1. The van der Waals surface area contributed by atoms with Crippen molar-refractivity contribution < 1.29 is 4.79 Å². The number of pyridine rings is 2. The van der Waals surface area contributed by atoms with Crippen molar-refractivity contribution in [3.63, 3.8) is 0 Å². The number of hydrogen-bond donors (Lipinski definition) is 0. The number of hydrogen-bond acceptors (Lipinski definition) is 5. The second-order valence-corrected chi connectivity index (χ2v) is 8.72. The fraction of sp³-hybridized carbons (Fsp3) is 0.542. The largest absolute Gasteiger partial charge is 0.340 e. The number of piperidine rings is 2. The Bertz CT molecular complexity index is 792. The Morgan fingerprint density at radius 3 is 2.70 bits per heavy atom. The van der Waals surface area contributed by atoms with Crippen molar-refractivity contribution in [1.82, 2.24) is 24.7 Å². The summed E-state index contributed by atoms with van der Waals surface area (Å²) in [6.07, 6.45) is 10.1. The Hall–Kier alpha value is -2.31. The average Bonchev–Trinajstić information content (AvgIpc) is 2.80. The van der Waals surface area contributed by atoms with Gasteiger partial charge in [-0.15, -0.1) is 0 Å². The van der Waals surface area contributed by atoms with E-state index >= 15 is 0 Å². The van der Waals surface area contributed by atoms with Crippen molar-refractivity contribution in [2.45, 2.75) is 44.8 Å². The van der Waals surface area contributed by atoms with Crippen LogP contribution in [0.1, 0.15) is 36.9 Å². The minimum absolute atomic E-state index is 0.112. The van der Waals surface area contributed by atoms with E-state index in [1.807, 2.05) is 48.6 Å². The second-order valence-electron chi connectivity index (χ2n) is 8.72. The molecule has 0 aromatic carbocycles. The van der Waals surface area contributed by atoms with Gasteiger partial charge in [-0.25, -0.2) is 0 Å². The molecule has 4 heterocycles. The van der Waals surface area contributed by atoms with Crippen molar-refractivity contribution in [1.29, 1.82) is 0 Å². The normalized spacial score (nSPS) is 21.4. The molecule has 2 aliphatic heterocycles. The Kier molecular flexibility index (Phi) is 7.07. The molecule has 0 spiro atoms. The molecule has 2 aromatic rings. The van der Waals surface area contributed by atoms with E-state index in [0.717, 1.165) is 51.3 Å². The minimum atomic E-state index is 0.112. The molecule has 2 aliphatic rings. The van der Waals surface area contributed by atoms with Gasteiger partial charge in [-0.05, 0) is 69.1 Å². The van der Waals surface area contributed by atoms with Crippen LogP contribution in [0.3, 0.4) is 0 Å². The first-order chi connectivity index (χ1) is 14.7. The van der Waals surface area contributed by atoms with Gasteiger partial charge in [-0.2, -0.15) is 0 Å². The summed E-state index contributed by atoms with van der Waals surface area (Å²) in [6.45, 7) is 5.84. The lowest BCUT2D eigenvalue weighted by molar-refractivity contribution is -0.137. The van der Waals surface area contributed by atoms with Gasteiger partial charge >= 0.3 is 0 Å². The van der Waals surface area contributed by atoms with Crippen molar-refractivity contribution in [2.75, 3.05) is 33.2 Å². The topological polar surface area (TPSA) is 52.6 Å². The summed E-state index contributed by atoms with van der Waals surface area (Å²) in [5.74, 6) is 0.375. The van der Waals surface area contributed by atoms with E-state index in [1.165, 1.54) is 18.4 Å². The first kappa shape index (κ1) is 20.9. The first-order valence-corrected chi connectivity index (χ1v) is 11.2. The summed E-state index contributed by atoms with van der Waals surface area (Å²) in [7, 11) is 1.91. The van der Waals surface area contributed by atoms with Crippen LogP contribution in [0.4, 0.5) is 0 Å². The molecule has 1 atom stereocenters. The van der Waals surface area contributed by atoms with Gasteiger partial charge in [0, 0.05) is 44.8 Å². The third-order valence-corrected chi connectivity index (χ3v) is 6.51. The number of rotatable bonds is 6. The highest BCUT2D eigenvalue weighted by molar-refractivity contribution is 5.78. The van der Waals surface area contributed by atoms with E-state index in [9.17, 15) is 4.79 Å². The van der Waals surface area contributed by atoms with Crippen molar-refractivity contribution in [3.05, 3.63) is 60.2 Å². The summed E-state index contributed by atoms with van der Waals surface area (Å²) in [5, 5.41) is 0. The molecule has 0 radical (unpaired) electrons. The fourth-order valence-corrected chi connectivity index (χ4v) is 4.86. The molecule has 30 heavy (non-hydrogen) atoms. The minimum Gasteiger partial charge on any atom is -0.340 e. The third-order valence-electron chi connectivity index (χ3n) is 6.51. The van der Waals surface area contributed by atoms with Crippen LogP contribution in [0.25, 0.3) is 0 Å². The molecule has 2 aromatic heterocycles. The monoisotopic (exact) mass is 407 g/mol. The summed E-state index contributed by atoms with van der Waals surface area (Å²) in [5.41, 5.74) is 2.23. The van der Waals surface area contributed by atoms with E-state index in [2.05, 4.69) is 25.8 Å². The van der Waals surface area contributed by atoms with Gasteiger partial charge in [0.2, 0.25) is 5.91 Å². The zero-order chi connectivity index (χ0) is 20.8. The van der Waals surface area contributed by atoms with Gasteiger partial charge in [0.25, 0.3) is 0 Å². The first-order valence-electron chi connectivity index (χ1n) is 11.2. The summed E-state index contributed by atoms with van der Waals surface area (Å²) < 4.78 is 0. The second kappa shape index (κ2) is 10.1. The Morgan fingerprint density at radius 1 is 1.10 bits per heavy atom. The zero-order valence-electron chi connectivity index (χ0n) is 18.0. The van der Waals surface area contributed by atoms with Crippen LogP contribution in [-0.2, 0) is 17.9 Å². The van der Waals surface area contributed by atoms with E-state index in [-0.39, 0.29) is 11.8 Å². The highest BCUT2D eigenvalue weighted by atomic mass is 16.2. The van der Waals surface area contributed by atoms with E-state index < -0.39 is 0 Å². The number of likely N-dealkylation sites (tertiary alicyclic amines) is 2. The zero-order valence-corrected chi connectivity index (χ0v) is 18.0. The van der Waals surface area contributed by atoms with Gasteiger partial charge in [-0.3, -0.25) is 24.6 Å². The van der Waals surface area contributed by atoms with Crippen LogP contribution in [0, 0.1) is 5.92 Å². The van der Waals surface area contributed by atoms with Crippen LogP contribution < -0.4 is 0 Å². The van der Waals surface area contributed by atoms with Crippen molar-refractivity contribution in [3.8, 4) is 0 Å². The van der Waals surface area contributed by atoms with Gasteiger partial charge < -0.3 is 4.90 Å². The molecule has 1 amide bonds. The van der Waals surface area contributed by atoms with Gasteiger partial charge in [-0.1, -0.05) is 12.1 Å². The number of aromatic nitrogens is 2. The lowest BCUT2D eigenvalue weighted by Crippen LogP contribution is -2.50. The number of carbonyl (C=O) groups excluding carboxylic acids is 1. The summed E-state index contributed by atoms with van der Waals surface area (Å²) in [6, 6.07) is 10.6. The van der Waals surface area contributed by atoms with Crippen LogP contribution in [0.2, 0.25) is 0 Å². The Labute approximate surface area is 179 Å². The summed E-state index contributed by atoms with van der Waals surface area (Å²) >= 11 is 0. The molecule has 160 valence electrons. The molecule has 2 fully saturated rings. The molecule has 0 saturated carbocycles. The molecule has 0 unspecified atom stereocenters. The van der Waals surface area contributed by atoms with Crippen molar-refractivity contribution in [2.24, 2.45) is 5.92 Å². The number of amides is 1. The predicted octanol–water partition coefficient (Wildman–Crippen LogP) is 2.81. The fourth-order valence-electron chi connectivity index (χ4n) is 4.86. The quantitative estimate of drug-likeness (QED) is 0.737. The lowest BCUT2D eigenvalue weighted by Gasteiger charge is -2.42. The van der Waals surface area contributed by atoms with E-state index in [0.29, 0.717) is 12.6 Å². The smallest absolute Gasteiger partial charge is 0.227 e. The molecular weight excluding hydrogens is 374 g/mol. The lowest BCUT2D eigenvalue weighted by atomic mass is 9.92. The number of carbonyl (C=O) groups is 1. The van der Waals surface area contributed by atoms with Crippen LogP contribution in [0.15, 0.2) is 48.9 Å². The van der Waals surface area contributed by atoms with Gasteiger partial charge in [0.1, 0.15) is 0 Å². The Balaban J connectivity index is 1.26. The molecule has 0 N–H and O–H groups in total. The highest BCUT2D eigenvalue weighted by Crippen LogP contribution is 2.25. The standard InChI is InChI=1S/C24H33N5O/c1-27(19-22-8-2-3-12-26-22)24(30)21-7-5-13-29(18-21)23-9-14-28(15-10-23)17-20-6-4-11-25-16-20/h2-4,6,8,11-12,16,21,23H,5,7,9-10,13-15,17-19H2,1H3/t21-/m0/s1. The molecule has 0 bridgehead atoms. The van der Waals surface area contributed by atoms with Crippen LogP contribution >= 0.6 is 0 Å². The maximum Gasteiger partial charge on any atom is 0.227 e. The molecular formula is C24H33N5O. The molecule has 2 saturated heterocycles. The maximum absolute atomic E-state index is 13.0. The molecule has 6 nitrogen and oxygen atoms in total. The van der Waals surface area contributed by atoms with E-state index in [4.69, 9.17) is 0 Å². The molecule has 4 rings (SSSR count).